The highest BCUT2D eigenvalue weighted by Crippen LogP contribution is 2.48. The molecule has 2 aromatic carbocycles. The van der Waals surface area contributed by atoms with Gasteiger partial charge in [-0.3, -0.25) is 14.5 Å². The minimum absolute atomic E-state index is 0.241. The standard InChI is InChI=1S/C18H12F3NO2/c19-18(20,21)11-5-3-4-10(8-11)14-9-15(14)22-16(23)12-6-1-2-7-13(12)17(22)24/h1-8,14-15H,9H2/t14-,15?/m1/s1. The highest BCUT2D eigenvalue weighted by Gasteiger charge is 2.51. The Morgan fingerprint density at radius 2 is 1.54 bits per heavy atom. The van der Waals surface area contributed by atoms with E-state index in [4.69, 9.17) is 0 Å². The Labute approximate surface area is 135 Å². The highest BCUT2D eigenvalue weighted by atomic mass is 19.4. The summed E-state index contributed by atoms with van der Waals surface area (Å²) in [7, 11) is 0. The molecule has 2 aliphatic rings. The number of hydrogen-bond donors (Lipinski definition) is 0. The molecule has 1 unspecified atom stereocenters. The van der Waals surface area contributed by atoms with Crippen molar-refractivity contribution in [1.29, 1.82) is 0 Å². The second-order valence-corrected chi connectivity index (χ2v) is 6.06. The minimum atomic E-state index is -4.41. The van der Waals surface area contributed by atoms with Crippen LogP contribution in [0.4, 0.5) is 13.2 Å². The van der Waals surface area contributed by atoms with Crippen molar-refractivity contribution < 1.29 is 22.8 Å². The van der Waals surface area contributed by atoms with Gasteiger partial charge in [0, 0.05) is 12.0 Å². The number of carbonyl (C=O) groups excluding carboxylic acids is 2. The summed E-state index contributed by atoms with van der Waals surface area (Å²) >= 11 is 0. The molecule has 1 fully saturated rings. The lowest BCUT2D eigenvalue weighted by atomic mass is 10.1. The van der Waals surface area contributed by atoms with Crippen LogP contribution in [0, 0.1) is 0 Å². The van der Waals surface area contributed by atoms with Crippen LogP contribution in [0.1, 0.15) is 44.2 Å². The molecule has 3 nitrogen and oxygen atoms in total. The van der Waals surface area contributed by atoms with E-state index in [2.05, 4.69) is 0 Å². The van der Waals surface area contributed by atoms with Crippen LogP contribution in [-0.2, 0) is 6.18 Å². The molecule has 24 heavy (non-hydrogen) atoms. The summed E-state index contributed by atoms with van der Waals surface area (Å²) in [6, 6.07) is 11.3. The van der Waals surface area contributed by atoms with Gasteiger partial charge in [-0.1, -0.05) is 30.3 Å². The van der Waals surface area contributed by atoms with E-state index in [1.165, 1.54) is 11.0 Å². The maximum Gasteiger partial charge on any atom is 0.416 e. The number of alkyl halides is 3. The van der Waals surface area contributed by atoms with Crippen LogP contribution in [0.3, 0.4) is 0 Å². The first-order valence-corrected chi connectivity index (χ1v) is 7.52. The molecule has 2 amide bonds. The van der Waals surface area contributed by atoms with Crippen molar-refractivity contribution in [2.75, 3.05) is 0 Å². The van der Waals surface area contributed by atoms with Gasteiger partial charge < -0.3 is 0 Å². The number of amides is 2. The van der Waals surface area contributed by atoms with Crippen LogP contribution in [0.25, 0.3) is 0 Å². The van der Waals surface area contributed by atoms with E-state index in [-0.39, 0.29) is 23.8 Å². The molecular formula is C18H12F3NO2. The number of fused-ring (bicyclic) bond motifs is 1. The van der Waals surface area contributed by atoms with Gasteiger partial charge in [-0.15, -0.1) is 0 Å². The predicted molar refractivity (Wildman–Crippen MR) is 79.5 cm³/mol. The third-order valence-electron chi connectivity index (χ3n) is 4.56. The van der Waals surface area contributed by atoms with Crippen molar-refractivity contribution in [3.8, 4) is 0 Å². The van der Waals surface area contributed by atoms with E-state index < -0.39 is 11.7 Å². The highest BCUT2D eigenvalue weighted by molar-refractivity contribution is 6.21. The van der Waals surface area contributed by atoms with Gasteiger partial charge in [-0.05, 0) is 30.2 Å². The molecule has 0 bridgehead atoms. The first-order chi connectivity index (χ1) is 11.4. The fourth-order valence-corrected chi connectivity index (χ4v) is 3.28. The molecule has 0 radical (unpaired) electrons. The zero-order valence-corrected chi connectivity index (χ0v) is 12.4. The van der Waals surface area contributed by atoms with Crippen molar-refractivity contribution in [3.63, 3.8) is 0 Å². The van der Waals surface area contributed by atoms with Gasteiger partial charge in [0.25, 0.3) is 11.8 Å². The summed E-state index contributed by atoms with van der Waals surface area (Å²) in [5.74, 6) is -0.973. The van der Waals surface area contributed by atoms with Gasteiger partial charge in [-0.2, -0.15) is 13.2 Å². The summed E-state index contributed by atoms with van der Waals surface area (Å²) in [5.41, 5.74) is 0.508. The molecule has 1 saturated carbocycles. The van der Waals surface area contributed by atoms with E-state index in [1.54, 1.807) is 30.3 Å². The molecule has 122 valence electrons. The molecular weight excluding hydrogens is 319 g/mol. The van der Waals surface area contributed by atoms with Crippen LogP contribution >= 0.6 is 0 Å². The first kappa shape index (κ1) is 14.9. The van der Waals surface area contributed by atoms with E-state index in [1.807, 2.05) is 0 Å². The topological polar surface area (TPSA) is 37.4 Å². The molecule has 0 saturated heterocycles. The number of carbonyl (C=O) groups is 2. The Morgan fingerprint density at radius 3 is 2.12 bits per heavy atom. The second kappa shape index (κ2) is 4.93. The van der Waals surface area contributed by atoms with E-state index in [0.717, 1.165) is 12.1 Å². The summed E-state index contributed by atoms with van der Waals surface area (Å²) in [6.07, 6.45) is -3.91. The average Bonchev–Trinajstić information content (AvgIpc) is 3.30. The third-order valence-corrected chi connectivity index (χ3v) is 4.56. The van der Waals surface area contributed by atoms with Gasteiger partial charge in [0.1, 0.15) is 0 Å². The molecule has 1 aliphatic carbocycles. The third kappa shape index (κ3) is 2.21. The maximum atomic E-state index is 12.8. The lowest BCUT2D eigenvalue weighted by molar-refractivity contribution is -0.137. The lowest BCUT2D eigenvalue weighted by Gasteiger charge is -2.14. The molecule has 2 atom stereocenters. The van der Waals surface area contributed by atoms with Crippen LogP contribution in [0.2, 0.25) is 0 Å². The molecule has 0 N–H and O–H groups in total. The Morgan fingerprint density at radius 1 is 0.917 bits per heavy atom. The van der Waals surface area contributed by atoms with Gasteiger partial charge in [-0.25, -0.2) is 0 Å². The fourth-order valence-electron chi connectivity index (χ4n) is 3.28. The number of rotatable bonds is 2. The van der Waals surface area contributed by atoms with Crippen molar-refractivity contribution in [3.05, 3.63) is 70.8 Å². The number of imide groups is 1. The minimum Gasteiger partial charge on any atom is -0.271 e. The zero-order chi connectivity index (χ0) is 17.1. The van der Waals surface area contributed by atoms with Crippen molar-refractivity contribution in [2.45, 2.75) is 24.6 Å². The Balaban J connectivity index is 1.60. The summed E-state index contributed by atoms with van der Waals surface area (Å²) in [6.45, 7) is 0. The average molecular weight is 331 g/mol. The van der Waals surface area contributed by atoms with Crippen molar-refractivity contribution >= 4 is 11.8 Å². The van der Waals surface area contributed by atoms with E-state index in [0.29, 0.717) is 23.1 Å². The van der Waals surface area contributed by atoms with Crippen LogP contribution < -0.4 is 0 Å². The maximum absolute atomic E-state index is 12.8. The molecule has 0 spiro atoms. The van der Waals surface area contributed by atoms with Gasteiger partial charge in [0.05, 0.1) is 16.7 Å². The molecule has 1 aliphatic heterocycles. The van der Waals surface area contributed by atoms with E-state index in [9.17, 15) is 22.8 Å². The summed E-state index contributed by atoms with van der Waals surface area (Å²) in [5, 5.41) is 0. The van der Waals surface area contributed by atoms with Gasteiger partial charge in [0.2, 0.25) is 0 Å². The fraction of sp³-hybridized carbons (Fsp3) is 0.222. The van der Waals surface area contributed by atoms with Gasteiger partial charge >= 0.3 is 6.18 Å². The summed E-state index contributed by atoms with van der Waals surface area (Å²) < 4.78 is 38.5. The van der Waals surface area contributed by atoms with Crippen molar-refractivity contribution in [1.82, 2.24) is 4.90 Å². The zero-order valence-electron chi connectivity index (χ0n) is 12.4. The molecule has 6 heteroatoms. The largest absolute Gasteiger partial charge is 0.416 e. The smallest absolute Gasteiger partial charge is 0.271 e. The normalized spacial score (nSPS) is 22.7. The summed E-state index contributed by atoms with van der Waals surface area (Å²) in [4.78, 5) is 26.0. The Bertz CT molecular complexity index is 824. The Kier molecular flexibility index (Phi) is 3.07. The lowest BCUT2D eigenvalue weighted by Crippen LogP contribution is -2.32. The quantitative estimate of drug-likeness (QED) is 0.784. The Hall–Kier alpha value is -2.63. The van der Waals surface area contributed by atoms with Crippen LogP contribution in [-0.4, -0.2) is 22.8 Å². The molecule has 4 rings (SSSR count). The van der Waals surface area contributed by atoms with Crippen molar-refractivity contribution in [2.24, 2.45) is 0 Å². The number of nitrogens with zero attached hydrogens (tertiary/aromatic N) is 1. The van der Waals surface area contributed by atoms with Crippen LogP contribution in [0.5, 0.6) is 0 Å². The van der Waals surface area contributed by atoms with E-state index >= 15 is 0 Å². The molecule has 0 aromatic heterocycles. The van der Waals surface area contributed by atoms with Crippen LogP contribution in [0.15, 0.2) is 48.5 Å². The monoisotopic (exact) mass is 331 g/mol. The predicted octanol–water partition coefficient (Wildman–Crippen LogP) is 3.86. The molecule has 2 aromatic rings. The number of halogens is 3. The second-order valence-electron chi connectivity index (χ2n) is 6.06. The van der Waals surface area contributed by atoms with Gasteiger partial charge in [0.15, 0.2) is 0 Å². The molecule has 1 heterocycles. The number of benzene rings is 2. The SMILES string of the molecule is O=C1c2ccccc2C(=O)N1C1C[C@@H]1c1cccc(C(F)(F)F)c1. The first-order valence-electron chi connectivity index (χ1n) is 7.52. The number of hydrogen-bond acceptors (Lipinski definition) is 2.